The smallest absolute Gasteiger partial charge is 0.417 e. The van der Waals surface area contributed by atoms with Gasteiger partial charge in [0.05, 0.1) is 42.7 Å². The van der Waals surface area contributed by atoms with Crippen molar-refractivity contribution in [3.05, 3.63) is 52.8 Å². The number of halogens is 4. The first-order valence-corrected chi connectivity index (χ1v) is 11.0. The Bertz CT molecular complexity index is 1040. The number of rotatable bonds is 5. The summed E-state index contributed by atoms with van der Waals surface area (Å²) in [4.78, 5) is 28.7. The molecule has 1 aromatic carbocycles. The molecule has 182 valence electrons. The fourth-order valence-electron chi connectivity index (χ4n) is 3.64. The lowest BCUT2D eigenvalue weighted by Gasteiger charge is -2.31. The molecule has 2 aromatic rings. The molecule has 3 unspecified atom stereocenters. The van der Waals surface area contributed by atoms with Crippen molar-refractivity contribution in [2.75, 3.05) is 18.5 Å². The first-order chi connectivity index (χ1) is 16.2. The van der Waals surface area contributed by atoms with Crippen LogP contribution in [-0.4, -0.2) is 48.2 Å². The van der Waals surface area contributed by atoms with E-state index in [9.17, 15) is 22.8 Å². The van der Waals surface area contributed by atoms with E-state index in [0.29, 0.717) is 29.3 Å². The summed E-state index contributed by atoms with van der Waals surface area (Å²) in [5.74, 6) is -0.144. The van der Waals surface area contributed by atoms with Crippen molar-refractivity contribution < 1.29 is 32.2 Å². The number of alkyl halides is 3. The number of carbonyl (C=O) groups is 2. The predicted octanol–water partition coefficient (Wildman–Crippen LogP) is 2.91. The standard InChI is InChI=1S/C22H22ClF3N4O4/c23-13-2-5-17-16(7-13)28-10-19(34-17)21(32)30-15-4-6-18(33-11-15)20(31)29-9-14-3-1-12(8-27-14)22(24,25)26/h1-3,5,7-8,15,18-19,28H,4,6,9-11H2,(H,29,31)(H,30,32). The monoisotopic (exact) mass is 498 g/mol. The number of fused-ring (bicyclic) bond motifs is 1. The molecule has 8 nitrogen and oxygen atoms in total. The van der Waals surface area contributed by atoms with E-state index >= 15 is 0 Å². The lowest BCUT2D eigenvalue weighted by molar-refractivity contribution is -0.139. The molecule has 3 heterocycles. The molecular formula is C22H22ClF3N4O4. The van der Waals surface area contributed by atoms with E-state index in [-0.39, 0.29) is 37.6 Å². The average molecular weight is 499 g/mol. The molecule has 0 aliphatic carbocycles. The summed E-state index contributed by atoms with van der Waals surface area (Å²) in [6, 6.07) is 6.94. The van der Waals surface area contributed by atoms with Gasteiger partial charge in [-0.05, 0) is 43.2 Å². The SMILES string of the molecule is O=C(NCc1ccc(C(F)(F)F)cn1)C1CCC(NC(=O)C2CNc3cc(Cl)ccc3O2)CO1. The van der Waals surface area contributed by atoms with Gasteiger partial charge < -0.3 is 25.4 Å². The second-order valence-corrected chi connectivity index (χ2v) is 8.42. The number of aromatic nitrogens is 1. The minimum Gasteiger partial charge on any atom is -0.477 e. The first kappa shape index (κ1) is 24.1. The molecule has 1 saturated heterocycles. The third kappa shape index (κ3) is 5.89. The van der Waals surface area contributed by atoms with E-state index in [1.54, 1.807) is 18.2 Å². The summed E-state index contributed by atoms with van der Waals surface area (Å²) < 4.78 is 49.1. The number of benzene rings is 1. The summed E-state index contributed by atoms with van der Waals surface area (Å²) in [6.07, 6.45) is -4.27. The van der Waals surface area contributed by atoms with Gasteiger partial charge in [0.1, 0.15) is 11.9 Å². The van der Waals surface area contributed by atoms with Gasteiger partial charge in [-0.3, -0.25) is 14.6 Å². The Morgan fingerprint density at radius 1 is 1.15 bits per heavy atom. The number of pyridine rings is 1. The average Bonchev–Trinajstić information content (AvgIpc) is 2.82. The number of hydrogen-bond acceptors (Lipinski definition) is 6. The van der Waals surface area contributed by atoms with E-state index in [1.807, 2.05) is 0 Å². The fourth-order valence-corrected chi connectivity index (χ4v) is 3.81. The van der Waals surface area contributed by atoms with Crippen LogP contribution in [0.4, 0.5) is 18.9 Å². The van der Waals surface area contributed by atoms with Gasteiger partial charge in [0.15, 0.2) is 6.10 Å². The molecule has 2 amide bonds. The van der Waals surface area contributed by atoms with Gasteiger partial charge in [-0.25, -0.2) is 0 Å². The van der Waals surface area contributed by atoms with Crippen molar-refractivity contribution >= 4 is 29.1 Å². The number of nitrogens with zero attached hydrogens (tertiary/aromatic N) is 1. The fraction of sp³-hybridized carbons (Fsp3) is 0.409. The Hall–Kier alpha value is -3.05. The summed E-state index contributed by atoms with van der Waals surface area (Å²) in [5, 5.41) is 9.17. The van der Waals surface area contributed by atoms with Crippen LogP contribution in [-0.2, 0) is 27.0 Å². The molecule has 3 N–H and O–H groups in total. The van der Waals surface area contributed by atoms with Crippen LogP contribution >= 0.6 is 11.6 Å². The van der Waals surface area contributed by atoms with Gasteiger partial charge in [-0.15, -0.1) is 0 Å². The van der Waals surface area contributed by atoms with E-state index in [1.165, 1.54) is 6.07 Å². The molecule has 4 rings (SSSR count). The van der Waals surface area contributed by atoms with Crippen LogP contribution in [0.25, 0.3) is 0 Å². The first-order valence-electron chi connectivity index (χ1n) is 10.6. The highest BCUT2D eigenvalue weighted by Crippen LogP contribution is 2.32. The highest BCUT2D eigenvalue weighted by molar-refractivity contribution is 6.30. The number of hydrogen-bond donors (Lipinski definition) is 3. The van der Waals surface area contributed by atoms with Crippen molar-refractivity contribution in [3.8, 4) is 5.75 Å². The molecule has 1 aromatic heterocycles. The summed E-state index contributed by atoms with van der Waals surface area (Å²) in [5.41, 5.74) is 0.166. The summed E-state index contributed by atoms with van der Waals surface area (Å²) in [7, 11) is 0. The molecule has 1 fully saturated rings. The maximum absolute atomic E-state index is 12.6. The molecule has 2 aliphatic heterocycles. The van der Waals surface area contributed by atoms with E-state index in [4.69, 9.17) is 21.1 Å². The topological polar surface area (TPSA) is 102 Å². The van der Waals surface area contributed by atoms with Crippen molar-refractivity contribution in [3.63, 3.8) is 0 Å². The number of ether oxygens (including phenoxy) is 2. The predicted molar refractivity (Wildman–Crippen MR) is 116 cm³/mol. The van der Waals surface area contributed by atoms with Crippen LogP contribution in [0.5, 0.6) is 5.75 Å². The van der Waals surface area contributed by atoms with Crippen LogP contribution in [0.3, 0.4) is 0 Å². The molecule has 0 bridgehead atoms. The molecule has 2 aliphatic rings. The van der Waals surface area contributed by atoms with Crippen molar-refractivity contribution in [1.29, 1.82) is 0 Å². The Morgan fingerprint density at radius 3 is 2.65 bits per heavy atom. The minimum absolute atomic E-state index is 0.0182. The van der Waals surface area contributed by atoms with Gasteiger partial charge >= 0.3 is 6.18 Å². The van der Waals surface area contributed by atoms with Gasteiger partial charge in [-0.1, -0.05) is 11.6 Å². The zero-order valence-electron chi connectivity index (χ0n) is 17.8. The highest BCUT2D eigenvalue weighted by atomic mass is 35.5. The third-order valence-electron chi connectivity index (χ3n) is 5.49. The Morgan fingerprint density at radius 2 is 1.97 bits per heavy atom. The third-order valence-corrected chi connectivity index (χ3v) is 5.73. The zero-order valence-corrected chi connectivity index (χ0v) is 18.6. The number of amides is 2. The van der Waals surface area contributed by atoms with Crippen LogP contribution < -0.4 is 20.7 Å². The maximum Gasteiger partial charge on any atom is 0.417 e. The summed E-state index contributed by atoms with van der Waals surface area (Å²) >= 11 is 5.95. The highest BCUT2D eigenvalue weighted by Gasteiger charge is 2.32. The molecule has 0 saturated carbocycles. The Balaban J connectivity index is 1.20. The van der Waals surface area contributed by atoms with E-state index in [0.717, 1.165) is 18.0 Å². The number of anilines is 1. The van der Waals surface area contributed by atoms with E-state index in [2.05, 4.69) is 20.9 Å². The molecule has 0 spiro atoms. The van der Waals surface area contributed by atoms with Crippen LogP contribution in [0.1, 0.15) is 24.1 Å². The van der Waals surface area contributed by atoms with Gasteiger partial charge in [-0.2, -0.15) is 13.2 Å². The minimum atomic E-state index is -4.46. The van der Waals surface area contributed by atoms with Crippen LogP contribution in [0, 0.1) is 0 Å². The number of nitrogens with one attached hydrogen (secondary N) is 3. The van der Waals surface area contributed by atoms with Gasteiger partial charge in [0.25, 0.3) is 5.91 Å². The van der Waals surface area contributed by atoms with Crippen LogP contribution in [0.2, 0.25) is 5.02 Å². The van der Waals surface area contributed by atoms with Crippen molar-refractivity contribution in [2.45, 2.75) is 43.8 Å². The Kier molecular flexibility index (Phi) is 7.13. The number of carbonyl (C=O) groups excluding carboxylic acids is 2. The van der Waals surface area contributed by atoms with Crippen molar-refractivity contribution in [1.82, 2.24) is 15.6 Å². The maximum atomic E-state index is 12.6. The second kappa shape index (κ2) is 10.1. The van der Waals surface area contributed by atoms with E-state index < -0.39 is 23.9 Å². The van der Waals surface area contributed by atoms with Gasteiger partial charge in [0, 0.05) is 11.2 Å². The molecule has 3 atom stereocenters. The summed E-state index contributed by atoms with van der Waals surface area (Å²) in [6.45, 7) is 0.417. The molecule has 12 heteroatoms. The zero-order chi connectivity index (χ0) is 24.3. The molecule has 0 radical (unpaired) electrons. The van der Waals surface area contributed by atoms with Crippen LogP contribution in [0.15, 0.2) is 36.5 Å². The lowest BCUT2D eigenvalue weighted by Crippen LogP contribution is -2.52. The van der Waals surface area contributed by atoms with Crippen molar-refractivity contribution in [2.24, 2.45) is 0 Å². The molecule has 34 heavy (non-hydrogen) atoms. The Labute approximate surface area is 198 Å². The normalized spacial score (nSPS) is 22.1. The lowest BCUT2D eigenvalue weighted by atomic mass is 10.0. The van der Waals surface area contributed by atoms with Gasteiger partial charge in [0.2, 0.25) is 5.91 Å². The molecular weight excluding hydrogens is 477 g/mol. The quantitative estimate of drug-likeness (QED) is 0.586. The largest absolute Gasteiger partial charge is 0.477 e. The second-order valence-electron chi connectivity index (χ2n) is 7.99.